The fourth-order valence-electron chi connectivity index (χ4n) is 2.34. The number of rotatable bonds is 6. The lowest BCUT2D eigenvalue weighted by Gasteiger charge is -2.15. The van der Waals surface area contributed by atoms with Crippen LogP contribution in [-0.4, -0.2) is 33.9 Å². The molecule has 0 aliphatic rings. The number of carbonyl (C=O) groups excluding carboxylic acids is 1. The van der Waals surface area contributed by atoms with Gasteiger partial charge in [-0.1, -0.05) is 18.2 Å². The van der Waals surface area contributed by atoms with Gasteiger partial charge in [0, 0.05) is 7.05 Å². The van der Waals surface area contributed by atoms with Gasteiger partial charge in [0.1, 0.15) is 18.7 Å². The van der Waals surface area contributed by atoms with Gasteiger partial charge < -0.3 is 19.9 Å². The first-order valence-corrected chi connectivity index (χ1v) is 7.56. The van der Waals surface area contributed by atoms with E-state index < -0.39 is 0 Å². The summed E-state index contributed by atoms with van der Waals surface area (Å²) in [5.74, 6) is 1.58. The van der Waals surface area contributed by atoms with Gasteiger partial charge in [0.05, 0.1) is 12.6 Å². The van der Waals surface area contributed by atoms with Crippen molar-refractivity contribution in [1.29, 1.82) is 0 Å². The van der Waals surface area contributed by atoms with E-state index in [0.29, 0.717) is 19.0 Å². The zero-order valence-electron chi connectivity index (χ0n) is 14.0. The number of aromatic nitrogens is 3. The number of amides is 2. The monoisotopic (exact) mass is 317 g/mol. The molecule has 0 fully saturated rings. The van der Waals surface area contributed by atoms with Gasteiger partial charge in [0.2, 0.25) is 0 Å². The summed E-state index contributed by atoms with van der Waals surface area (Å²) in [4.78, 5) is 11.9. The Balaban J connectivity index is 1.74. The summed E-state index contributed by atoms with van der Waals surface area (Å²) in [7, 11) is 1.84. The number of para-hydroxylation sites is 1. The Morgan fingerprint density at radius 3 is 2.65 bits per heavy atom. The third-order valence-corrected chi connectivity index (χ3v) is 3.52. The lowest BCUT2D eigenvalue weighted by atomic mass is 10.1. The SMILES string of the molecule is Cc1cccc(C)c1OCCNC(=O)N[C@@H](C)c1nncn1C. The summed E-state index contributed by atoms with van der Waals surface area (Å²) in [6.45, 7) is 6.70. The number of benzene rings is 1. The minimum atomic E-state index is -0.259. The molecule has 0 spiro atoms. The smallest absolute Gasteiger partial charge is 0.315 e. The fourth-order valence-corrected chi connectivity index (χ4v) is 2.34. The van der Waals surface area contributed by atoms with Crippen LogP contribution < -0.4 is 15.4 Å². The minimum Gasteiger partial charge on any atom is -0.491 e. The van der Waals surface area contributed by atoms with Crippen molar-refractivity contribution in [2.45, 2.75) is 26.8 Å². The van der Waals surface area contributed by atoms with E-state index in [-0.39, 0.29) is 12.1 Å². The molecule has 0 bridgehead atoms. The molecular formula is C16H23N5O2. The maximum atomic E-state index is 11.9. The highest BCUT2D eigenvalue weighted by Crippen LogP contribution is 2.21. The van der Waals surface area contributed by atoms with Crippen molar-refractivity contribution in [3.63, 3.8) is 0 Å². The number of urea groups is 1. The van der Waals surface area contributed by atoms with E-state index in [1.54, 1.807) is 10.9 Å². The third kappa shape index (κ3) is 4.45. The van der Waals surface area contributed by atoms with Crippen LogP contribution in [0.2, 0.25) is 0 Å². The van der Waals surface area contributed by atoms with Gasteiger partial charge in [-0.05, 0) is 31.9 Å². The molecule has 0 aliphatic heterocycles. The molecule has 2 rings (SSSR count). The van der Waals surface area contributed by atoms with Crippen LogP contribution in [0.4, 0.5) is 4.79 Å². The van der Waals surface area contributed by atoms with E-state index in [9.17, 15) is 4.79 Å². The van der Waals surface area contributed by atoms with E-state index in [2.05, 4.69) is 20.8 Å². The quantitative estimate of drug-likeness (QED) is 0.797. The number of ether oxygens (including phenoxy) is 1. The van der Waals surface area contributed by atoms with Crippen molar-refractivity contribution in [1.82, 2.24) is 25.4 Å². The Bertz CT molecular complexity index is 648. The summed E-state index contributed by atoms with van der Waals surface area (Å²) >= 11 is 0. The Morgan fingerprint density at radius 1 is 1.35 bits per heavy atom. The zero-order chi connectivity index (χ0) is 16.8. The number of carbonyl (C=O) groups is 1. The molecule has 0 saturated heterocycles. The molecule has 0 radical (unpaired) electrons. The van der Waals surface area contributed by atoms with Crippen molar-refractivity contribution in [2.75, 3.05) is 13.2 Å². The first-order chi connectivity index (χ1) is 11.0. The van der Waals surface area contributed by atoms with Gasteiger partial charge in [0.15, 0.2) is 5.82 Å². The lowest BCUT2D eigenvalue weighted by Crippen LogP contribution is -2.39. The first kappa shape index (κ1) is 16.8. The van der Waals surface area contributed by atoms with Crippen molar-refractivity contribution < 1.29 is 9.53 Å². The molecule has 0 saturated carbocycles. The maximum Gasteiger partial charge on any atom is 0.315 e. The summed E-state index contributed by atoms with van der Waals surface area (Å²) in [6.07, 6.45) is 1.60. The van der Waals surface area contributed by atoms with Gasteiger partial charge in [0.25, 0.3) is 0 Å². The van der Waals surface area contributed by atoms with Gasteiger partial charge in [-0.25, -0.2) is 4.79 Å². The standard InChI is InChI=1S/C16H23N5O2/c1-11-6-5-7-12(2)14(11)23-9-8-17-16(22)19-13(3)15-20-18-10-21(15)4/h5-7,10,13H,8-9H2,1-4H3,(H2,17,19,22)/t13-/m0/s1. The highest BCUT2D eigenvalue weighted by Gasteiger charge is 2.13. The van der Waals surface area contributed by atoms with Crippen LogP contribution in [0, 0.1) is 13.8 Å². The second kappa shape index (κ2) is 7.62. The molecule has 1 aromatic carbocycles. The van der Waals surface area contributed by atoms with Crippen LogP contribution in [-0.2, 0) is 7.05 Å². The number of hydrogen-bond acceptors (Lipinski definition) is 4. The number of nitrogens with one attached hydrogen (secondary N) is 2. The first-order valence-electron chi connectivity index (χ1n) is 7.56. The van der Waals surface area contributed by atoms with Crippen LogP contribution in [0.15, 0.2) is 24.5 Å². The van der Waals surface area contributed by atoms with Crippen molar-refractivity contribution in [3.8, 4) is 5.75 Å². The Labute approximate surface area is 136 Å². The number of nitrogens with zero attached hydrogens (tertiary/aromatic N) is 3. The molecule has 2 amide bonds. The van der Waals surface area contributed by atoms with E-state index in [0.717, 1.165) is 16.9 Å². The number of hydrogen-bond donors (Lipinski definition) is 2. The molecule has 2 aromatic rings. The second-order valence-corrected chi connectivity index (χ2v) is 5.49. The van der Waals surface area contributed by atoms with E-state index in [1.807, 2.05) is 46.0 Å². The van der Waals surface area contributed by atoms with E-state index >= 15 is 0 Å². The molecule has 0 aliphatic carbocycles. The van der Waals surface area contributed by atoms with Gasteiger partial charge in [-0.15, -0.1) is 10.2 Å². The minimum absolute atomic E-state index is 0.220. The highest BCUT2D eigenvalue weighted by atomic mass is 16.5. The Morgan fingerprint density at radius 2 is 2.04 bits per heavy atom. The predicted octanol–water partition coefficient (Wildman–Crippen LogP) is 1.87. The average molecular weight is 317 g/mol. The fraction of sp³-hybridized carbons (Fsp3) is 0.438. The Kier molecular flexibility index (Phi) is 5.56. The molecule has 1 atom stereocenters. The largest absolute Gasteiger partial charge is 0.491 e. The molecule has 23 heavy (non-hydrogen) atoms. The van der Waals surface area contributed by atoms with Crippen LogP contribution in [0.1, 0.15) is 29.9 Å². The molecule has 1 aromatic heterocycles. The van der Waals surface area contributed by atoms with E-state index in [4.69, 9.17) is 4.74 Å². The van der Waals surface area contributed by atoms with Gasteiger partial charge >= 0.3 is 6.03 Å². The molecule has 7 heteroatoms. The summed E-state index contributed by atoms with van der Waals surface area (Å²) in [5, 5.41) is 13.4. The summed E-state index contributed by atoms with van der Waals surface area (Å²) < 4.78 is 7.52. The van der Waals surface area contributed by atoms with Crippen LogP contribution in [0.25, 0.3) is 0 Å². The topological polar surface area (TPSA) is 81.1 Å². The Hall–Kier alpha value is -2.57. The van der Waals surface area contributed by atoms with Gasteiger partial charge in [-0.2, -0.15) is 0 Å². The highest BCUT2D eigenvalue weighted by molar-refractivity contribution is 5.74. The molecule has 2 N–H and O–H groups in total. The van der Waals surface area contributed by atoms with Crippen LogP contribution in [0.5, 0.6) is 5.75 Å². The van der Waals surface area contributed by atoms with Crippen LogP contribution in [0.3, 0.4) is 0 Å². The van der Waals surface area contributed by atoms with Gasteiger partial charge in [-0.3, -0.25) is 0 Å². The lowest BCUT2D eigenvalue weighted by molar-refractivity contribution is 0.233. The van der Waals surface area contributed by atoms with Crippen LogP contribution >= 0.6 is 0 Å². The normalized spacial score (nSPS) is 11.8. The van der Waals surface area contributed by atoms with Crippen molar-refractivity contribution in [3.05, 3.63) is 41.5 Å². The van der Waals surface area contributed by atoms with Crippen molar-refractivity contribution >= 4 is 6.03 Å². The van der Waals surface area contributed by atoms with Crippen molar-refractivity contribution in [2.24, 2.45) is 7.05 Å². The molecule has 7 nitrogen and oxygen atoms in total. The maximum absolute atomic E-state index is 11.9. The predicted molar refractivity (Wildman–Crippen MR) is 87.4 cm³/mol. The molecular weight excluding hydrogens is 294 g/mol. The second-order valence-electron chi connectivity index (χ2n) is 5.49. The number of aryl methyl sites for hydroxylation is 3. The zero-order valence-corrected chi connectivity index (χ0v) is 14.0. The molecule has 0 unspecified atom stereocenters. The molecule has 1 heterocycles. The third-order valence-electron chi connectivity index (χ3n) is 3.52. The van der Waals surface area contributed by atoms with E-state index in [1.165, 1.54) is 0 Å². The average Bonchev–Trinajstić information content (AvgIpc) is 2.92. The summed E-state index contributed by atoms with van der Waals surface area (Å²) in [5.41, 5.74) is 2.18. The molecule has 124 valence electrons. The summed E-state index contributed by atoms with van der Waals surface area (Å²) in [6, 6.07) is 5.53.